The molecule has 1 aliphatic heterocycles. The quantitative estimate of drug-likeness (QED) is 0.825. The summed E-state index contributed by atoms with van der Waals surface area (Å²) in [6.07, 6.45) is 1.91. The van der Waals surface area contributed by atoms with E-state index in [1.54, 1.807) is 0 Å². The Labute approximate surface area is 127 Å². The lowest BCUT2D eigenvalue weighted by molar-refractivity contribution is 0.174. The van der Waals surface area contributed by atoms with Gasteiger partial charge in [-0.15, -0.1) is 0 Å². The molecule has 1 atom stereocenters. The van der Waals surface area contributed by atoms with E-state index in [0.717, 1.165) is 57.2 Å². The Balaban J connectivity index is 2.06. The summed E-state index contributed by atoms with van der Waals surface area (Å²) in [4.78, 5) is 9.52. The van der Waals surface area contributed by atoms with Crippen LogP contribution in [0.1, 0.15) is 44.4 Å². The van der Waals surface area contributed by atoms with Gasteiger partial charge in [-0.2, -0.15) is 5.10 Å². The fourth-order valence-electron chi connectivity index (χ4n) is 3.03. The van der Waals surface area contributed by atoms with E-state index in [2.05, 4.69) is 38.8 Å². The van der Waals surface area contributed by atoms with Gasteiger partial charge >= 0.3 is 0 Å². The normalized spacial score (nSPS) is 21.9. The first-order valence-corrected chi connectivity index (χ1v) is 8.06. The molecule has 0 saturated carbocycles. The number of hydrogen-bond donors (Lipinski definition) is 2. The lowest BCUT2D eigenvalue weighted by Crippen LogP contribution is -2.35. The second-order valence-corrected chi connectivity index (χ2v) is 6.39. The SMILES string of the molecule is Cc1nc(C2CCN(CCCO)CCN2CC(C)C)n[nH]1. The Morgan fingerprint density at radius 3 is 2.76 bits per heavy atom. The van der Waals surface area contributed by atoms with Crippen LogP contribution in [0.5, 0.6) is 0 Å². The summed E-state index contributed by atoms with van der Waals surface area (Å²) >= 11 is 0. The first-order valence-electron chi connectivity index (χ1n) is 8.06. The highest BCUT2D eigenvalue weighted by atomic mass is 16.3. The molecule has 21 heavy (non-hydrogen) atoms. The fourth-order valence-corrected chi connectivity index (χ4v) is 3.03. The molecule has 1 aromatic heterocycles. The van der Waals surface area contributed by atoms with Gasteiger partial charge in [0.15, 0.2) is 5.82 Å². The van der Waals surface area contributed by atoms with Crippen molar-refractivity contribution in [1.29, 1.82) is 0 Å². The topological polar surface area (TPSA) is 68.3 Å². The van der Waals surface area contributed by atoms with Gasteiger partial charge in [0.25, 0.3) is 0 Å². The van der Waals surface area contributed by atoms with E-state index >= 15 is 0 Å². The molecular formula is C15H29N5O. The molecule has 1 saturated heterocycles. The van der Waals surface area contributed by atoms with Gasteiger partial charge in [-0.1, -0.05) is 13.8 Å². The third-order valence-electron chi connectivity index (χ3n) is 4.01. The van der Waals surface area contributed by atoms with Crippen molar-refractivity contribution in [2.45, 2.75) is 39.7 Å². The van der Waals surface area contributed by atoms with Crippen LogP contribution in [0.3, 0.4) is 0 Å². The Bertz CT molecular complexity index is 420. The number of nitrogens with zero attached hydrogens (tertiary/aromatic N) is 4. The minimum absolute atomic E-state index is 0.274. The van der Waals surface area contributed by atoms with Crippen molar-refractivity contribution in [2.75, 3.05) is 39.3 Å². The minimum atomic E-state index is 0.274. The van der Waals surface area contributed by atoms with Crippen LogP contribution in [0.25, 0.3) is 0 Å². The molecule has 0 spiro atoms. The highest BCUT2D eigenvalue weighted by Gasteiger charge is 2.28. The summed E-state index contributed by atoms with van der Waals surface area (Å²) in [6, 6.07) is 0.302. The number of H-pyrrole nitrogens is 1. The van der Waals surface area contributed by atoms with Crippen LogP contribution in [-0.2, 0) is 0 Å². The van der Waals surface area contributed by atoms with Gasteiger partial charge in [-0.25, -0.2) is 4.98 Å². The summed E-state index contributed by atoms with van der Waals surface area (Å²) in [5, 5.41) is 16.4. The van der Waals surface area contributed by atoms with Crippen LogP contribution in [0.2, 0.25) is 0 Å². The number of nitrogens with one attached hydrogen (secondary N) is 1. The molecule has 0 aliphatic carbocycles. The molecule has 0 aromatic carbocycles. The lowest BCUT2D eigenvalue weighted by Gasteiger charge is -2.29. The fraction of sp³-hybridized carbons (Fsp3) is 0.867. The standard InChI is InChI=1S/C15H29N5O/c1-12(2)11-20-9-8-19(6-4-10-21)7-5-14(20)15-16-13(3)17-18-15/h12,14,21H,4-11H2,1-3H3,(H,16,17,18). The molecule has 2 heterocycles. The molecule has 0 radical (unpaired) electrons. The Kier molecular flexibility index (Phi) is 6.14. The second kappa shape index (κ2) is 7.87. The van der Waals surface area contributed by atoms with Gasteiger partial charge in [0.1, 0.15) is 5.82 Å². The number of hydrogen-bond acceptors (Lipinski definition) is 5. The van der Waals surface area contributed by atoms with Crippen molar-refractivity contribution in [3.8, 4) is 0 Å². The molecule has 120 valence electrons. The van der Waals surface area contributed by atoms with Crippen molar-refractivity contribution in [3.63, 3.8) is 0 Å². The van der Waals surface area contributed by atoms with Crippen LogP contribution >= 0.6 is 0 Å². The highest BCUT2D eigenvalue weighted by molar-refractivity contribution is 4.98. The van der Waals surface area contributed by atoms with Gasteiger partial charge in [0.05, 0.1) is 6.04 Å². The van der Waals surface area contributed by atoms with E-state index in [0.29, 0.717) is 12.0 Å². The van der Waals surface area contributed by atoms with E-state index in [4.69, 9.17) is 5.11 Å². The van der Waals surface area contributed by atoms with E-state index in [1.807, 2.05) is 6.92 Å². The minimum Gasteiger partial charge on any atom is -0.396 e. The number of aryl methyl sites for hydroxylation is 1. The zero-order valence-corrected chi connectivity index (χ0v) is 13.5. The summed E-state index contributed by atoms with van der Waals surface area (Å²) in [6.45, 7) is 12.0. The number of aromatic nitrogens is 3. The average Bonchev–Trinajstić information content (AvgIpc) is 2.76. The van der Waals surface area contributed by atoms with E-state index in [-0.39, 0.29) is 6.61 Å². The van der Waals surface area contributed by atoms with E-state index in [9.17, 15) is 0 Å². The predicted octanol–water partition coefficient (Wildman–Crippen LogP) is 1.20. The number of aliphatic hydroxyl groups excluding tert-OH is 1. The first kappa shape index (κ1) is 16.4. The van der Waals surface area contributed by atoms with Crippen molar-refractivity contribution >= 4 is 0 Å². The van der Waals surface area contributed by atoms with Crippen LogP contribution in [-0.4, -0.2) is 69.4 Å². The average molecular weight is 295 g/mol. The lowest BCUT2D eigenvalue weighted by atomic mass is 10.1. The molecule has 1 unspecified atom stereocenters. The highest BCUT2D eigenvalue weighted by Crippen LogP contribution is 2.25. The Hall–Kier alpha value is -0.980. The van der Waals surface area contributed by atoms with E-state index in [1.165, 1.54) is 0 Å². The summed E-state index contributed by atoms with van der Waals surface area (Å²) in [5.41, 5.74) is 0. The zero-order chi connectivity index (χ0) is 15.2. The third kappa shape index (κ3) is 4.76. The molecule has 2 N–H and O–H groups in total. The van der Waals surface area contributed by atoms with Crippen molar-refractivity contribution in [1.82, 2.24) is 25.0 Å². The Morgan fingerprint density at radius 2 is 2.14 bits per heavy atom. The molecule has 6 heteroatoms. The summed E-state index contributed by atoms with van der Waals surface area (Å²) in [7, 11) is 0. The number of aromatic amines is 1. The van der Waals surface area contributed by atoms with Crippen molar-refractivity contribution < 1.29 is 5.11 Å². The van der Waals surface area contributed by atoms with Crippen LogP contribution in [0.15, 0.2) is 0 Å². The maximum absolute atomic E-state index is 9.01. The number of rotatable bonds is 6. The van der Waals surface area contributed by atoms with Gasteiger partial charge in [0.2, 0.25) is 0 Å². The van der Waals surface area contributed by atoms with Gasteiger partial charge < -0.3 is 10.0 Å². The maximum Gasteiger partial charge on any atom is 0.167 e. The third-order valence-corrected chi connectivity index (χ3v) is 4.01. The first-order chi connectivity index (χ1) is 10.1. The Morgan fingerprint density at radius 1 is 1.33 bits per heavy atom. The molecule has 2 rings (SSSR count). The van der Waals surface area contributed by atoms with Gasteiger partial charge in [-0.3, -0.25) is 10.00 Å². The zero-order valence-electron chi connectivity index (χ0n) is 13.5. The van der Waals surface area contributed by atoms with Crippen LogP contribution in [0.4, 0.5) is 0 Å². The molecule has 6 nitrogen and oxygen atoms in total. The second-order valence-electron chi connectivity index (χ2n) is 6.39. The van der Waals surface area contributed by atoms with Crippen LogP contribution in [0, 0.1) is 12.8 Å². The molecule has 1 aliphatic rings. The monoisotopic (exact) mass is 295 g/mol. The van der Waals surface area contributed by atoms with Gasteiger partial charge in [0, 0.05) is 39.3 Å². The predicted molar refractivity (Wildman–Crippen MR) is 83.0 cm³/mol. The largest absolute Gasteiger partial charge is 0.396 e. The smallest absolute Gasteiger partial charge is 0.167 e. The van der Waals surface area contributed by atoms with Gasteiger partial charge in [-0.05, 0) is 25.7 Å². The van der Waals surface area contributed by atoms with Crippen molar-refractivity contribution in [2.24, 2.45) is 5.92 Å². The summed E-state index contributed by atoms with van der Waals surface area (Å²) < 4.78 is 0. The molecule has 0 bridgehead atoms. The number of aliphatic hydroxyl groups is 1. The maximum atomic E-state index is 9.01. The summed E-state index contributed by atoms with van der Waals surface area (Å²) in [5.74, 6) is 2.45. The molecule has 1 fully saturated rings. The molecule has 0 amide bonds. The molecule has 1 aromatic rings. The van der Waals surface area contributed by atoms with Crippen LogP contribution < -0.4 is 0 Å². The van der Waals surface area contributed by atoms with Crippen molar-refractivity contribution in [3.05, 3.63) is 11.6 Å². The van der Waals surface area contributed by atoms with E-state index < -0.39 is 0 Å². The molecular weight excluding hydrogens is 266 g/mol.